The molecule has 0 amide bonds. The van der Waals surface area contributed by atoms with Gasteiger partial charge < -0.3 is 9.84 Å². The smallest absolute Gasteiger partial charge is 0.320 e. The maximum Gasteiger partial charge on any atom is 0.320 e. The number of hydrogen-bond acceptors (Lipinski definition) is 4. The normalized spacial score (nSPS) is 17.0. The fraction of sp³-hybridized carbons (Fsp3) is 0.429. The molecule has 1 fully saturated rings. The summed E-state index contributed by atoms with van der Waals surface area (Å²) in [5, 5.41) is 10.0. The van der Waals surface area contributed by atoms with Crippen LogP contribution in [0.5, 0.6) is 0 Å². The Kier molecular flexibility index (Phi) is 6.83. The second-order valence-electron chi connectivity index (χ2n) is 6.81. The van der Waals surface area contributed by atoms with E-state index in [-0.39, 0.29) is 6.10 Å². The lowest BCUT2D eigenvalue weighted by Gasteiger charge is -2.35. The number of halogens is 1. The van der Waals surface area contributed by atoms with Crippen molar-refractivity contribution in [1.82, 2.24) is 9.88 Å². The standard InChI is InChI=1S/C21H25ClN2O3/c1-2-20(21(25)26)24-12-9-17(10-13-24)27-14-19-18(4-3-11-23-19)15-5-7-16(22)8-6-15/h3-8,11,17,20H,2,9-10,12-14H2,1H3,(H,25,26)/t20-/m0/s1. The third-order valence-electron chi connectivity index (χ3n) is 5.09. The number of pyridine rings is 1. The first-order valence-electron chi connectivity index (χ1n) is 9.36. The number of benzene rings is 1. The number of rotatable bonds is 7. The molecule has 144 valence electrons. The molecular weight excluding hydrogens is 364 g/mol. The Morgan fingerprint density at radius 1 is 1.30 bits per heavy atom. The van der Waals surface area contributed by atoms with Gasteiger partial charge in [-0.1, -0.05) is 36.7 Å². The molecule has 1 aromatic heterocycles. The number of aromatic nitrogens is 1. The van der Waals surface area contributed by atoms with Crippen molar-refractivity contribution in [1.29, 1.82) is 0 Å². The molecule has 2 aromatic rings. The van der Waals surface area contributed by atoms with E-state index in [0.717, 1.165) is 42.8 Å². The molecule has 1 aliphatic heterocycles. The molecule has 1 N–H and O–H groups in total. The van der Waals surface area contributed by atoms with Gasteiger partial charge in [-0.15, -0.1) is 0 Å². The third-order valence-corrected chi connectivity index (χ3v) is 5.34. The highest BCUT2D eigenvalue weighted by molar-refractivity contribution is 6.30. The largest absolute Gasteiger partial charge is 0.480 e. The lowest BCUT2D eigenvalue weighted by Crippen LogP contribution is -2.46. The van der Waals surface area contributed by atoms with Crippen LogP contribution in [0.25, 0.3) is 11.1 Å². The van der Waals surface area contributed by atoms with Gasteiger partial charge in [-0.25, -0.2) is 0 Å². The zero-order valence-electron chi connectivity index (χ0n) is 15.5. The molecule has 0 unspecified atom stereocenters. The molecule has 5 nitrogen and oxygen atoms in total. The summed E-state index contributed by atoms with van der Waals surface area (Å²) in [5.74, 6) is -0.738. The summed E-state index contributed by atoms with van der Waals surface area (Å²) in [7, 11) is 0. The van der Waals surface area contributed by atoms with Crippen LogP contribution in [0.2, 0.25) is 5.02 Å². The Morgan fingerprint density at radius 3 is 2.63 bits per heavy atom. The Hall–Kier alpha value is -1.95. The summed E-state index contributed by atoms with van der Waals surface area (Å²) in [6, 6.07) is 11.3. The summed E-state index contributed by atoms with van der Waals surface area (Å²) < 4.78 is 6.11. The number of carboxylic acid groups (broad SMARTS) is 1. The molecule has 1 aliphatic rings. The number of likely N-dealkylation sites (tertiary alicyclic amines) is 1. The number of aliphatic carboxylic acids is 1. The van der Waals surface area contributed by atoms with E-state index < -0.39 is 12.0 Å². The van der Waals surface area contributed by atoms with E-state index in [9.17, 15) is 9.90 Å². The quantitative estimate of drug-likeness (QED) is 0.768. The summed E-state index contributed by atoms with van der Waals surface area (Å²) in [6.45, 7) is 3.86. The summed E-state index contributed by atoms with van der Waals surface area (Å²) in [5.41, 5.74) is 3.01. The molecule has 1 saturated heterocycles. The predicted octanol–water partition coefficient (Wildman–Crippen LogP) is 4.25. The average molecular weight is 389 g/mol. The van der Waals surface area contributed by atoms with Crippen molar-refractivity contribution in [3.63, 3.8) is 0 Å². The first-order valence-corrected chi connectivity index (χ1v) is 9.74. The minimum absolute atomic E-state index is 0.132. The molecule has 0 aliphatic carbocycles. The average Bonchev–Trinajstić information content (AvgIpc) is 2.68. The fourth-order valence-corrected chi connectivity index (χ4v) is 3.71. The van der Waals surface area contributed by atoms with Crippen molar-refractivity contribution >= 4 is 17.6 Å². The first kappa shape index (κ1) is 19.8. The van der Waals surface area contributed by atoms with Gasteiger partial charge >= 0.3 is 5.97 Å². The van der Waals surface area contributed by atoms with E-state index in [4.69, 9.17) is 16.3 Å². The maximum atomic E-state index is 11.3. The van der Waals surface area contributed by atoms with Crippen LogP contribution in [-0.2, 0) is 16.1 Å². The molecule has 0 spiro atoms. The predicted molar refractivity (Wildman–Crippen MR) is 106 cm³/mol. The van der Waals surface area contributed by atoms with Gasteiger partial charge in [0.1, 0.15) is 6.04 Å². The third kappa shape index (κ3) is 5.06. The van der Waals surface area contributed by atoms with Gasteiger partial charge in [-0.2, -0.15) is 0 Å². The van der Waals surface area contributed by atoms with E-state index >= 15 is 0 Å². The molecule has 6 heteroatoms. The molecule has 1 atom stereocenters. The topological polar surface area (TPSA) is 62.7 Å². The van der Waals surface area contributed by atoms with Crippen LogP contribution in [0.15, 0.2) is 42.6 Å². The van der Waals surface area contributed by atoms with Gasteiger partial charge in [0.2, 0.25) is 0 Å². The molecular formula is C21H25ClN2O3. The van der Waals surface area contributed by atoms with E-state index in [1.54, 1.807) is 6.20 Å². The van der Waals surface area contributed by atoms with Crippen molar-refractivity contribution in [2.24, 2.45) is 0 Å². The number of ether oxygens (including phenoxy) is 1. The second-order valence-corrected chi connectivity index (χ2v) is 7.25. The van der Waals surface area contributed by atoms with Crippen molar-refractivity contribution < 1.29 is 14.6 Å². The monoisotopic (exact) mass is 388 g/mol. The van der Waals surface area contributed by atoms with Crippen LogP contribution in [0, 0.1) is 0 Å². The highest BCUT2D eigenvalue weighted by Crippen LogP contribution is 2.26. The van der Waals surface area contributed by atoms with Crippen LogP contribution in [0.1, 0.15) is 31.9 Å². The SMILES string of the molecule is CC[C@@H](C(=O)O)N1CCC(OCc2ncccc2-c2ccc(Cl)cc2)CC1. The zero-order chi connectivity index (χ0) is 19.2. The number of carbonyl (C=O) groups is 1. The van der Waals surface area contributed by atoms with Crippen LogP contribution in [0.4, 0.5) is 0 Å². The fourth-order valence-electron chi connectivity index (χ4n) is 3.59. The highest BCUT2D eigenvalue weighted by atomic mass is 35.5. The van der Waals surface area contributed by atoms with Gasteiger partial charge in [0.05, 0.1) is 18.4 Å². The Balaban J connectivity index is 1.59. The second kappa shape index (κ2) is 9.31. The van der Waals surface area contributed by atoms with Gasteiger partial charge in [0.25, 0.3) is 0 Å². The van der Waals surface area contributed by atoms with Crippen molar-refractivity contribution in [3.05, 3.63) is 53.3 Å². The Bertz CT molecular complexity index is 758. The lowest BCUT2D eigenvalue weighted by molar-refractivity contribution is -0.144. The first-order chi connectivity index (χ1) is 13.1. The van der Waals surface area contributed by atoms with Gasteiger partial charge in [0.15, 0.2) is 0 Å². The minimum Gasteiger partial charge on any atom is -0.480 e. The molecule has 2 heterocycles. The highest BCUT2D eigenvalue weighted by Gasteiger charge is 2.28. The molecule has 0 bridgehead atoms. The Labute approximate surface area is 164 Å². The number of hydrogen-bond donors (Lipinski definition) is 1. The van der Waals surface area contributed by atoms with Gasteiger partial charge in [-0.05, 0) is 43.0 Å². The van der Waals surface area contributed by atoms with Crippen molar-refractivity contribution in [3.8, 4) is 11.1 Å². The number of carboxylic acids is 1. The minimum atomic E-state index is -0.738. The van der Waals surface area contributed by atoms with E-state index in [0.29, 0.717) is 18.1 Å². The van der Waals surface area contributed by atoms with E-state index in [1.807, 2.05) is 48.2 Å². The molecule has 3 rings (SSSR count). The van der Waals surface area contributed by atoms with Crippen LogP contribution in [0.3, 0.4) is 0 Å². The Morgan fingerprint density at radius 2 is 2.00 bits per heavy atom. The zero-order valence-corrected chi connectivity index (χ0v) is 16.2. The molecule has 0 radical (unpaired) electrons. The van der Waals surface area contributed by atoms with Gasteiger partial charge in [-0.3, -0.25) is 14.7 Å². The van der Waals surface area contributed by atoms with Crippen molar-refractivity contribution in [2.45, 2.75) is 44.9 Å². The number of piperidine rings is 1. The van der Waals surface area contributed by atoms with Crippen LogP contribution < -0.4 is 0 Å². The van der Waals surface area contributed by atoms with Gasteiger partial charge in [0, 0.05) is 29.9 Å². The van der Waals surface area contributed by atoms with E-state index in [1.165, 1.54) is 0 Å². The van der Waals surface area contributed by atoms with Crippen LogP contribution >= 0.6 is 11.6 Å². The lowest BCUT2D eigenvalue weighted by atomic mass is 10.0. The van der Waals surface area contributed by atoms with Crippen LogP contribution in [-0.4, -0.2) is 46.2 Å². The summed E-state index contributed by atoms with van der Waals surface area (Å²) >= 11 is 5.98. The molecule has 1 aromatic carbocycles. The summed E-state index contributed by atoms with van der Waals surface area (Å²) in [4.78, 5) is 17.9. The van der Waals surface area contributed by atoms with E-state index in [2.05, 4.69) is 4.98 Å². The number of nitrogens with zero attached hydrogens (tertiary/aromatic N) is 2. The molecule has 0 saturated carbocycles. The summed E-state index contributed by atoms with van der Waals surface area (Å²) in [6.07, 6.45) is 4.21. The van der Waals surface area contributed by atoms with Crippen molar-refractivity contribution in [2.75, 3.05) is 13.1 Å². The molecule has 27 heavy (non-hydrogen) atoms. The maximum absolute atomic E-state index is 11.3.